The number of nitrogens with zero attached hydrogens (tertiary/aromatic N) is 3. The number of nitrogens with one attached hydrogen (secondary N) is 1. The number of hydrogen-bond acceptors (Lipinski definition) is 5. The van der Waals surface area contributed by atoms with Gasteiger partial charge in [0.15, 0.2) is 0 Å². The van der Waals surface area contributed by atoms with Gasteiger partial charge in [-0.3, -0.25) is 0 Å². The predicted octanol–water partition coefficient (Wildman–Crippen LogP) is 3.41. The fraction of sp³-hybridized carbons (Fsp3) is 0.769. The molecule has 0 aliphatic heterocycles. The first-order valence-electron chi connectivity index (χ1n) is 6.63. The van der Waals surface area contributed by atoms with E-state index in [4.69, 9.17) is 16.3 Å². The van der Waals surface area contributed by atoms with E-state index in [0.29, 0.717) is 18.5 Å². The van der Waals surface area contributed by atoms with Crippen molar-refractivity contribution < 1.29 is 4.74 Å². The third-order valence-corrected chi connectivity index (χ3v) is 3.46. The molecule has 0 saturated carbocycles. The molecule has 1 aromatic rings. The van der Waals surface area contributed by atoms with E-state index in [0.717, 1.165) is 13.0 Å². The first-order chi connectivity index (χ1) is 8.85. The third-order valence-electron chi connectivity index (χ3n) is 3.29. The van der Waals surface area contributed by atoms with E-state index in [1.165, 1.54) is 0 Å². The van der Waals surface area contributed by atoms with Crippen molar-refractivity contribution in [3.63, 3.8) is 0 Å². The van der Waals surface area contributed by atoms with Gasteiger partial charge >= 0.3 is 6.01 Å². The molecule has 1 N–H and O–H groups in total. The van der Waals surface area contributed by atoms with Crippen LogP contribution in [-0.4, -0.2) is 28.1 Å². The highest BCUT2D eigenvalue weighted by Gasteiger charge is 2.22. The van der Waals surface area contributed by atoms with E-state index in [9.17, 15) is 0 Å². The summed E-state index contributed by atoms with van der Waals surface area (Å²) >= 11 is 5.86. The van der Waals surface area contributed by atoms with Gasteiger partial charge in [-0.2, -0.15) is 15.0 Å². The van der Waals surface area contributed by atoms with Crippen molar-refractivity contribution in [2.45, 2.75) is 41.0 Å². The molecule has 0 amide bonds. The van der Waals surface area contributed by atoms with Crippen molar-refractivity contribution in [3.05, 3.63) is 5.28 Å². The first kappa shape index (κ1) is 16.0. The van der Waals surface area contributed by atoms with Crippen molar-refractivity contribution in [1.82, 2.24) is 15.0 Å². The van der Waals surface area contributed by atoms with Crippen molar-refractivity contribution >= 4 is 17.5 Å². The van der Waals surface area contributed by atoms with E-state index in [1.807, 2.05) is 6.92 Å². The van der Waals surface area contributed by atoms with E-state index in [-0.39, 0.29) is 16.7 Å². The van der Waals surface area contributed by atoms with Crippen LogP contribution in [0.2, 0.25) is 5.28 Å². The number of hydrogen-bond donors (Lipinski definition) is 1. The van der Waals surface area contributed by atoms with E-state index in [2.05, 4.69) is 48.0 Å². The number of rotatable bonds is 7. The summed E-state index contributed by atoms with van der Waals surface area (Å²) in [6, 6.07) is 0.270. The lowest BCUT2D eigenvalue weighted by atomic mass is 9.81. The molecule has 0 aliphatic rings. The van der Waals surface area contributed by atoms with E-state index in [1.54, 1.807) is 0 Å². The molecular weight excluding hydrogens is 264 g/mol. The van der Waals surface area contributed by atoms with Gasteiger partial charge in [-0.25, -0.2) is 0 Å². The summed E-state index contributed by atoms with van der Waals surface area (Å²) in [7, 11) is 0. The number of ether oxygens (including phenoxy) is 1. The number of anilines is 1. The zero-order valence-corrected chi connectivity index (χ0v) is 13.1. The van der Waals surface area contributed by atoms with Crippen molar-refractivity contribution in [1.29, 1.82) is 0 Å². The Kier molecular flexibility index (Phi) is 5.79. The van der Waals surface area contributed by atoms with Gasteiger partial charge in [0.2, 0.25) is 11.2 Å². The van der Waals surface area contributed by atoms with Crippen LogP contribution in [0.25, 0.3) is 0 Å². The molecule has 0 saturated heterocycles. The summed E-state index contributed by atoms with van der Waals surface area (Å²) in [5, 5.41) is 3.34. The molecule has 0 radical (unpaired) electrons. The molecule has 6 heteroatoms. The SMILES string of the molecule is CCCOc1nc(Cl)nc(NCC(C)(C)C(C)C)n1. The molecule has 0 atom stereocenters. The summed E-state index contributed by atoms with van der Waals surface area (Å²) in [5.74, 6) is 1.01. The second-order valence-electron chi connectivity index (χ2n) is 5.56. The minimum absolute atomic E-state index is 0.142. The Morgan fingerprint density at radius 3 is 2.53 bits per heavy atom. The van der Waals surface area contributed by atoms with Crippen LogP contribution in [0.1, 0.15) is 41.0 Å². The van der Waals surface area contributed by atoms with Gasteiger partial charge in [0.05, 0.1) is 6.61 Å². The lowest BCUT2D eigenvalue weighted by Crippen LogP contribution is -2.29. The topological polar surface area (TPSA) is 59.9 Å². The summed E-state index contributed by atoms with van der Waals surface area (Å²) in [6.45, 7) is 12.1. The molecule has 1 aromatic heterocycles. The lowest BCUT2D eigenvalue weighted by Gasteiger charge is -2.29. The molecule has 0 aliphatic carbocycles. The predicted molar refractivity (Wildman–Crippen MR) is 77.7 cm³/mol. The highest BCUT2D eigenvalue weighted by atomic mass is 35.5. The van der Waals surface area contributed by atoms with E-state index < -0.39 is 0 Å². The van der Waals surface area contributed by atoms with Crippen molar-refractivity contribution in [3.8, 4) is 6.01 Å². The van der Waals surface area contributed by atoms with Crippen LogP contribution in [0.3, 0.4) is 0 Å². The molecule has 0 aromatic carbocycles. The average Bonchev–Trinajstić information content (AvgIpc) is 2.33. The number of aromatic nitrogens is 3. The molecule has 0 spiro atoms. The zero-order valence-electron chi connectivity index (χ0n) is 12.3. The summed E-state index contributed by atoms with van der Waals surface area (Å²) in [5.41, 5.74) is 0.142. The molecule has 1 heterocycles. The Bertz CT molecular complexity index is 410. The van der Waals surface area contributed by atoms with Crippen LogP contribution < -0.4 is 10.1 Å². The van der Waals surface area contributed by atoms with Crippen LogP contribution in [-0.2, 0) is 0 Å². The second-order valence-corrected chi connectivity index (χ2v) is 5.89. The maximum Gasteiger partial charge on any atom is 0.322 e. The van der Waals surface area contributed by atoms with Crippen LogP contribution in [0, 0.1) is 11.3 Å². The molecular formula is C13H23ClN4O. The average molecular weight is 287 g/mol. The van der Waals surface area contributed by atoms with Gasteiger partial charge in [-0.1, -0.05) is 34.6 Å². The Morgan fingerprint density at radius 2 is 1.95 bits per heavy atom. The van der Waals surface area contributed by atoms with Gasteiger partial charge < -0.3 is 10.1 Å². The van der Waals surface area contributed by atoms with Gasteiger partial charge in [0.25, 0.3) is 0 Å². The second kappa shape index (κ2) is 6.89. The van der Waals surface area contributed by atoms with Crippen molar-refractivity contribution in [2.24, 2.45) is 11.3 Å². The zero-order chi connectivity index (χ0) is 14.5. The number of halogens is 1. The minimum Gasteiger partial charge on any atom is -0.463 e. The van der Waals surface area contributed by atoms with Gasteiger partial charge in [0.1, 0.15) is 0 Å². The highest BCUT2D eigenvalue weighted by Crippen LogP contribution is 2.26. The van der Waals surface area contributed by atoms with Crippen LogP contribution in [0.4, 0.5) is 5.95 Å². The molecule has 0 bridgehead atoms. The first-order valence-corrected chi connectivity index (χ1v) is 7.01. The smallest absolute Gasteiger partial charge is 0.322 e. The van der Waals surface area contributed by atoms with Crippen LogP contribution >= 0.6 is 11.6 Å². The summed E-state index contributed by atoms with van der Waals surface area (Å²) in [4.78, 5) is 12.2. The van der Waals surface area contributed by atoms with Gasteiger partial charge in [0, 0.05) is 6.54 Å². The molecule has 19 heavy (non-hydrogen) atoms. The Hall–Kier alpha value is -1.10. The maximum absolute atomic E-state index is 5.86. The lowest BCUT2D eigenvalue weighted by molar-refractivity contribution is 0.268. The third kappa shape index (κ3) is 5.19. The standard InChI is InChI=1S/C13H23ClN4O/c1-6-7-19-12-17-10(14)16-11(18-12)15-8-13(4,5)9(2)3/h9H,6-8H2,1-5H3,(H,15,16,17,18). The summed E-state index contributed by atoms with van der Waals surface area (Å²) in [6.07, 6.45) is 0.895. The Labute approximate surface area is 120 Å². The van der Waals surface area contributed by atoms with E-state index >= 15 is 0 Å². The van der Waals surface area contributed by atoms with Crippen LogP contribution in [0.5, 0.6) is 6.01 Å². The van der Waals surface area contributed by atoms with Crippen molar-refractivity contribution in [2.75, 3.05) is 18.5 Å². The fourth-order valence-corrected chi connectivity index (χ4v) is 1.33. The Balaban J connectivity index is 2.70. The molecule has 5 nitrogen and oxygen atoms in total. The molecule has 0 unspecified atom stereocenters. The monoisotopic (exact) mass is 286 g/mol. The van der Waals surface area contributed by atoms with Gasteiger partial charge in [-0.15, -0.1) is 0 Å². The largest absolute Gasteiger partial charge is 0.463 e. The molecule has 0 fully saturated rings. The minimum atomic E-state index is 0.142. The highest BCUT2D eigenvalue weighted by molar-refractivity contribution is 6.28. The summed E-state index contributed by atoms with van der Waals surface area (Å²) < 4.78 is 5.37. The normalized spacial score (nSPS) is 11.7. The molecule has 108 valence electrons. The quantitative estimate of drug-likeness (QED) is 0.832. The Morgan fingerprint density at radius 1 is 1.26 bits per heavy atom. The van der Waals surface area contributed by atoms with Gasteiger partial charge in [-0.05, 0) is 29.4 Å². The fourth-order valence-electron chi connectivity index (χ4n) is 1.18. The molecule has 1 rings (SSSR count). The van der Waals surface area contributed by atoms with Crippen LogP contribution in [0.15, 0.2) is 0 Å². The maximum atomic E-state index is 5.86.